The first-order valence-electron chi connectivity index (χ1n) is 8.82. The summed E-state index contributed by atoms with van der Waals surface area (Å²) in [6, 6.07) is 4.89. The summed E-state index contributed by atoms with van der Waals surface area (Å²) >= 11 is 0. The first kappa shape index (κ1) is 19.8. The molecule has 0 radical (unpaired) electrons. The Hall–Kier alpha value is -1.99. The van der Waals surface area contributed by atoms with Crippen molar-refractivity contribution in [1.82, 2.24) is 5.32 Å². The van der Waals surface area contributed by atoms with Gasteiger partial charge in [-0.1, -0.05) is 12.1 Å². The molecule has 0 bridgehead atoms. The van der Waals surface area contributed by atoms with Crippen LogP contribution in [0.2, 0.25) is 0 Å². The van der Waals surface area contributed by atoms with Gasteiger partial charge in [-0.15, -0.1) is 13.2 Å². The predicted molar refractivity (Wildman–Crippen MR) is 90.0 cm³/mol. The van der Waals surface area contributed by atoms with E-state index in [1.165, 1.54) is 12.1 Å². The highest BCUT2D eigenvalue weighted by molar-refractivity contribution is 5.68. The predicted octanol–water partition coefficient (Wildman–Crippen LogP) is 5.22. The molecule has 27 heavy (non-hydrogen) atoms. The summed E-state index contributed by atoms with van der Waals surface area (Å²) < 4.78 is 60.6. The number of ether oxygens (including phenoxy) is 2. The summed E-state index contributed by atoms with van der Waals surface area (Å²) in [7, 11) is 0. The molecule has 2 fully saturated rings. The minimum atomic E-state index is -4.77. The molecule has 150 valence electrons. The van der Waals surface area contributed by atoms with Crippen molar-refractivity contribution in [3.05, 3.63) is 29.8 Å². The zero-order chi connectivity index (χ0) is 20.1. The van der Waals surface area contributed by atoms with Gasteiger partial charge in [-0.05, 0) is 69.6 Å². The van der Waals surface area contributed by atoms with E-state index in [9.17, 15) is 18.0 Å². The number of amides is 1. The van der Waals surface area contributed by atoms with Gasteiger partial charge in [0.15, 0.2) is 0 Å². The fraction of sp³-hybridized carbons (Fsp3) is 0.632. The van der Waals surface area contributed by atoms with Gasteiger partial charge in [0.25, 0.3) is 0 Å². The summed E-state index contributed by atoms with van der Waals surface area (Å²) in [4.78, 5) is 11.8. The molecule has 2 aliphatic rings. The molecule has 8 heteroatoms. The molecule has 1 N–H and O–H groups in total. The van der Waals surface area contributed by atoms with Crippen LogP contribution >= 0.6 is 0 Å². The molecular weight excluding hydrogens is 366 g/mol. The van der Waals surface area contributed by atoms with E-state index in [4.69, 9.17) is 4.74 Å². The molecule has 0 unspecified atom stereocenters. The minimum Gasteiger partial charge on any atom is -0.444 e. The van der Waals surface area contributed by atoms with Gasteiger partial charge in [0.05, 0.1) is 0 Å². The van der Waals surface area contributed by atoms with Crippen LogP contribution < -0.4 is 10.1 Å². The van der Waals surface area contributed by atoms with Crippen molar-refractivity contribution in [2.24, 2.45) is 5.41 Å². The average Bonchev–Trinajstić information content (AvgIpc) is 2.40. The molecule has 0 aromatic heterocycles. The summed E-state index contributed by atoms with van der Waals surface area (Å²) in [5, 5.41) is 2.79. The van der Waals surface area contributed by atoms with Crippen LogP contribution in [-0.4, -0.2) is 24.1 Å². The number of alkyl carbamates (subject to hydrolysis) is 1. The first-order valence-corrected chi connectivity index (χ1v) is 8.82. The number of carbonyl (C=O) groups is 1. The molecule has 0 aliphatic heterocycles. The van der Waals surface area contributed by atoms with E-state index in [2.05, 4.69) is 10.1 Å². The van der Waals surface area contributed by atoms with Gasteiger partial charge in [0.2, 0.25) is 0 Å². The number of carbonyl (C=O) groups excluding carboxylic acids is 1. The van der Waals surface area contributed by atoms with Gasteiger partial charge < -0.3 is 14.8 Å². The summed E-state index contributed by atoms with van der Waals surface area (Å²) in [5.74, 6) is -0.367. The molecular formula is C19H23F4NO3. The molecule has 0 atom stereocenters. The van der Waals surface area contributed by atoms with Crippen molar-refractivity contribution >= 4 is 6.09 Å². The SMILES string of the molecule is CC(C)(C)OC(=O)NC1CC2(C1)CC(F)(c1ccc(OC(F)(F)F)cc1)C2. The Bertz CT molecular complexity index is 695. The normalized spacial score (nSPS) is 30.3. The molecule has 1 aromatic carbocycles. The Morgan fingerprint density at radius 1 is 1.11 bits per heavy atom. The van der Waals surface area contributed by atoms with E-state index < -0.39 is 23.7 Å². The molecule has 2 aliphatic carbocycles. The van der Waals surface area contributed by atoms with Crippen LogP contribution in [0.25, 0.3) is 0 Å². The van der Waals surface area contributed by atoms with Gasteiger partial charge in [0, 0.05) is 6.04 Å². The van der Waals surface area contributed by atoms with Crippen molar-refractivity contribution in [1.29, 1.82) is 0 Å². The smallest absolute Gasteiger partial charge is 0.444 e. The second-order valence-electron chi connectivity index (χ2n) is 8.64. The van der Waals surface area contributed by atoms with Crippen LogP contribution in [0.5, 0.6) is 5.75 Å². The lowest BCUT2D eigenvalue weighted by atomic mass is 9.47. The zero-order valence-electron chi connectivity index (χ0n) is 15.5. The number of hydrogen-bond donors (Lipinski definition) is 1. The molecule has 2 saturated carbocycles. The Morgan fingerprint density at radius 3 is 2.15 bits per heavy atom. The molecule has 1 aromatic rings. The number of benzene rings is 1. The minimum absolute atomic E-state index is 0.0352. The van der Waals surface area contributed by atoms with Crippen molar-refractivity contribution in [2.75, 3.05) is 0 Å². The van der Waals surface area contributed by atoms with Crippen LogP contribution in [0.1, 0.15) is 52.0 Å². The van der Waals surface area contributed by atoms with E-state index in [1.54, 1.807) is 20.8 Å². The first-order chi connectivity index (χ1) is 12.3. The van der Waals surface area contributed by atoms with Crippen molar-refractivity contribution in [3.8, 4) is 5.75 Å². The third-order valence-corrected chi connectivity index (χ3v) is 5.00. The molecule has 4 nitrogen and oxygen atoms in total. The van der Waals surface area contributed by atoms with E-state index in [0.717, 1.165) is 12.1 Å². The van der Waals surface area contributed by atoms with Crippen LogP contribution in [0.3, 0.4) is 0 Å². The molecule has 0 saturated heterocycles. The van der Waals surface area contributed by atoms with Crippen LogP contribution in [-0.2, 0) is 10.4 Å². The second kappa shape index (κ2) is 6.27. The Kier molecular flexibility index (Phi) is 4.59. The summed E-state index contributed by atoms with van der Waals surface area (Å²) in [6.07, 6.45) is -3.30. The van der Waals surface area contributed by atoms with E-state index >= 15 is 4.39 Å². The maximum atomic E-state index is 15.1. The highest BCUT2D eigenvalue weighted by atomic mass is 19.4. The van der Waals surface area contributed by atoms with Gasteiger partial charge in [0.1, 0.15) is 17.0 Å². The third-order valence-electron chi connectivity index (χ3n) is 5.00. The monoisotopic (exact) mass is 389 g/mol. The Labute approximate surface area is 155 Å². The molecule has 3 rings (SSSR count). The van der Waals surface area contributed by atoms with Gasteiger partial charge in [-0.25, -0.2) is 9.18 Å². The lowest BCUT2D eigenvalue weighted by Gasteiger charge is -2.60. The maximum Gasteiger partial charge on any atom is 0.573 e. The largest absolute Gasteiger partial charge is 0.573 e. The number of hydrogen-bond acceptors (Lipinski definition) is 3. The van der Waals surface area contributed by atoms with E-state index in [1.807, 2.05) is 0 Å². The second-order valence-corrected chi connectivity index (χ2v) is 8.64. The van der Waals surface area contributed by atoms with Gasteiger partial charge in [-0.3, -0.25) is 0 Å². The third kappa shape index (κ3) is 4.65. The fourth-order valence-electron chi connectivity index (χ4n) is 4.15. The zero-order valence-corrected chi connectivity index (χ0v) is 15.5. The number of halogens is 4. The summed E-state index contributed by atoms with van der Waals surface area (Å²) in [6.45, 7) is 5.34. The van der Waals surface area contributed by atoms with Crippen molar-refractivity contribution in [3.63, 3.8) is 0 Å². The van der Waals surface area contributed by atoms with Crippen molar-refractivity contribution < 1.29 is 31.8 Å². The highest BCUT2D eigenvalue weighted by Gasteiger charge is 2.61. The van der Waals surface area contributed by atoms with Crippen LogP contribution in [0.15, 0.2) is 24.3 Å². The lowest BCUT2D eigenvalue weighted by Crippen LogP contribution is -2.60. The van der Waals surface area contributed by atoms with Gasteiger partial charge >= 0.3 is 12.5 Å². The lowest BCUT2D eigenvalue weighted by molar-refractivity contribution is -0.274. The van der Waals surface area contributed by atoms with Crippen molar-refractivity contribution in [2.45, 2.75) is 70.1 Å². The molecule has 1 amide bonds. The Balaban J connectivity index is 1.50. The average molecular weight is 389 g/mol. The Morgan fingerprint density at radius 2 is 1.67 bits per heavy atom. The number of rotatable bonds is 3. The molecule has 1 spiro atoms. The van der Waals surface area contributed by atoms with E-state index in [0.29, 0.717) is 31.2 Å². The molecule has 0 heterocycles. The topological polar surface area (TPSA) is 47.6 Å². The fourth-order valence-corrected chi connectivity index (χ4v) is 4.15. The highest BCUT2D eigenvalue weighted by Crippen LogP contribution is 2.65. The van der Waals surface area contributed by atoms with E-state index in [-0.39, 0.29) is 17.2 Å². The number of nitrogens with one attached hydrogen (secondary N) is 1. The van der Waals surface area contributed by atoms with Gasteiger partial charge in [-0.2, -0.15) is 0 Å². The quantitative estimate of drug-likeness (QED) is 0.722. The summed E-state index contributed by atoms with van der Waals surface area (Å²) in [5.41, 5.74) is -1.92. The standard InChI is InChI=1S/C19H23F4NO3/c1-16(2,3)27-15(25)24-13-8-17(9-13)10-18(20,11-17)12-4-6-14(7-5-12)26-19(21,22)23/h4-7,13H,8-11H2,1-3H3,(H,24,25). The maximum absolute atomic E-state index is 15.1. The van der Waals surface area contributed by atoms with Crippen LogP contribution in [0.4, 0.5) is 22.4 Å². The number of alkyl halides is 4. The van der Waals surface area contributed by atoms with Crippen LogP contribution in [0, 0.1) is 5.41 Å².